The summed E-state index contributed by atoms with van der Waals surface area (Å²) in [7, 11) is 0. The van der Waals surface area contributed by atoms with Crippen LogP contribution in [0.25, 0.3) is 0 Å². The van der Waals surface area contributed by atoms with Crippen molar-refractivity contribution in [2.24, 2.45) is 0 Å². The summed E-state index contributed by atoms with van der Waals surface area (Å²) >= 11 is 7.72. The fourth-order valence-corrected chi connectivity index (χ4v) is 4.58. The Morgan fingerprint density at radius 1 is 1.23 bits per heavy atom. The second-order valence-electron chi connectivity index (χ2n) is 6.74. The predicted molar refractivity (Wildman–Crippen MR) is 110 cm³/mol. The van der Waals surface area contributed by atoms with Crippen LogP contribution in [-0.2, 0) is 0 Å². The summed E-state index contributed by atoms with van der Waals surface area (Å²) in [5.41, 5.74) is 2.78. The summed E-state index contributed by atoms with van der Waals surface area (Å²) in [5.74, 6) is -0.0310. The lowest BCUT2D eigenvalue weighted by atomic mass is 10.0. The second kappa shape index (κ2) is 8.94. The van der Waals surface area contributed by atoms with Gasteiger partial charge >= 0.3 is 0 Å². The van der Waals surface area contributed by atoms with Gasteiger partial charge in [0.25, 0.3) is 5.91 Å². The third-order valence-electron chi connectivity index (χ3n) is 4.86. The van der Waals surface area contributed by atoms with Gasteiger partial charge in [0, 0.05) is 16.5 Å². The Bertz CT molecular complexity index is 760. The van der Waals surface area contributed by atoms with Crippen LogP contribution >= 0.6 is 23.4 Å². The molecule has 26 heavy (non-hydrogen) atoms. The molecule has 0 bridgehead atoms. The maximum Gasteiger partial charge on any atom is 0.253 e. The molecule has 0 unspecified atom stereocenters. The Kier molecular flexibility index (Phi) is 6.63. The summed E-state index contributed by atoms with van der Waals surface area (Å²) in [6.07, 6.45) is 4.45. The number of hydrogen-bond donors (Lipinski definition) is 1. The number of nitrogens with zero attached hydrogens (tertiary/aromatic N) is 1. The number of rotatable bonds is 6. The van der Waals surface area contributed by atoms with Crippen LogP contribution in [0.5, 0.6) is 0 Å². The number of carbonyl (C=O) groups is 1. The molecule has 1 aliphatic rings. The van der Waals surface area contributed by atoms with E-state index in [-0.39, 0.29) is 11.9 Å². The van der Waals surface area contributed by atoms with Crippen molar-refractivity contribution < 1.29 is 4.79 Å². The number of amides is 1. The maximum absolute atomic E-state index is 13.1. The van der Waals surface area contributed by atoms with E-state index in [4.69, 9.17) is 11.6 Å². The third kappa shape index (κ3) is 4.61. The Labute approximate surface area is 165 Å². The zero-order chi connectivity index (χ0) is 18.5. The molecule has 0 saturated carbocycles. The van der Waals surface area contributed by atoms with Gasteiger partial charge in [0.1, 0.15) is 0 Å². The highest BCUT2D eigenvalue weighted by Gasteiger charge is 2.23. The fraction of sp³-hybridized carbons (Fsp3) is 0.381. The summed E-state index contributed by atoms with van der Waals surface area (Å²) in [4.78, 5) is 16.5. The van der Waals surface area contributed by atoms with Crippen LogP contribution in [-0.4, -0.2) is 36.7 Å². The lowest BCUT2D eigenvalue weighted by molar-refractivity contribution is 0.0923. The number of halogens is 1. The molecule has 0 radical (unpaired) electrons. The Morgan fingerprint density at radius 2 is 1.92 bits per heavy atom. The molecule has 1 aliphatic heterocycles. The number of aryl methyl sites for hydroxylation is 1. The van der Waals surface area contributed by atoms with Crippen molar-refractivity contribution in [3.63, 3.8) is 0 Å². The molecule has 3 nitrogen and oxygen atoms in total. The van der Waals surface area contributed by atoms with E-state index in [2.05, 4.69) is 22.3 Å². The van der Waals surface area contributed by atoms with Crippen molar-refractivity contribution in [3.05, 3.63) is 64.2 Å². The van der Waals surface area contributed by atoms with Crippen LogP contribution in [0.15, 0.2) is 47.4 Å². The second-order valence-corrected chi connectivity index (χ2v) is 8.03. The normalized spacial score (nSPS) is 15.8. The van der Waals surface area contributed by atoms with Crippen LogP contribution in [0.2, 0.25) is 5.02 Å². The summed E-state index contributed by atoms with van der Waals surface area (Å²) in [6, 6.07) is 13.9. The van der Waals surface area contributed by atoms with E-state index in [1.807, 2.05) is 43.5 Å². The van der Waals surface area contributed by atoms with Crippen molar-refractivity contribution in [1.82, 2.24) is 10.2 Å². The van der Waals surface area contributed by atoms with E-state index in [1.165, 1.54) is 12.8 Å². The molecule has 1 fully saturated rings. The number of thioether (sulfide) groups is 1. The Hall–Kier alpha value is -1.49. The molecule has 2 aromatic rings. The molecule has 138 valence electrons. The molecular weight excluding hydrogens is 364 g/mol. The van der Waals surface area contributed by atoms with Crippen LogP contribution in [0, 0.1) is 6.92 Å². The van der Waals surface area contributed by atoms with E-state index in [0.29, 0.717) is 5.02 Å². The molecule has 1 heterocycles. The number of benzene rings is 2. The first-order valence-corrected chi connectivity index (χ1v) is 10.6. The molecule has 1 atom stereocenters. The van der Waals surface area contributed by atoms with E-state index in [1.54, 1.807) is 11.8 Å². The molecule has 3 rings (SSSR count). The van der Waals surface area contributed by atoms with Gasteiger partial charge in [-0.15, -0.1) is 11.8 Å². The first kappa shape index (κ1) is 19.3. The van der Waals surface area contributed by atoms with Crippen LogP contribution < -0.4 is 5.32 Å². The number of likely N-dealkylation sites (tertiary alicyclic amines) is 1. The molecule has 1 saturated heterocycles. The predicted octanol–water partition coefficient (Wildman–Crippen LogP) is 4.94. The fourth-order valence-electron chi connectivity index (χ4n) is 3.54. The van der Waals surface area contributed by atoms with Crippen LogP contribution in [0.3, 0.4) is 0 Å². The van der Waals surface area contributed by atoms with Crippen molar-refractivity contribution in [1.29, 1.82) is 0 Å². The van der Waals surface area contributed by atoms with Gasteiger partial charge in [0.15, 0.2) is 0 Å². The highest BCUT2D eigenvalue weighted by atomic mass is 35.5. The van der Waals surface area contributed by atoms with Gasteiger partial charge in [0.2, 0.25) is 0 Å². The minimum Gasteiger partial charge on any atom is -0.344 e. The first-order chi connectivity index (χ1) is 12.6. The minimum absolute atomic E-state index is 0.0217. The summed E-state index contributed by atoms with van der Waals surface area (Å²) in [6.45, 7) is 5.00. The van der Waals surface area contributed by atoms with E-state index < -0.39 is 0 Å². The van der Waals surface area contributed by atoms with Crippen LogP contribution in [0.1, 0.15) is 40.4 Å². The highest BCUT2D eigenvalue weighted by molar-refractivity contribution is 7.98. The SMILES string of the molecule is CSc1cc(Cl)cc(C)c1C(=O)N[C@H](CN1CCCC1)c1ccccc1. The molecule has 2 aromatic carbocycles. The van der Waals surface area contributed by atoms with Crippen molar-refractivity contribution in [2.75, 3.05) is 25.9 Å². The highest BCUT2D eigenvalue weighted by Crippen LogP contribution is 2.28. The minimum atomic E-state index is -0.0310. The number of nitrogens with one attached hydrogen (secondary N) is 1. The van der Waals surface area contributed by atoms with Gasteiger partial charge in [-0.05, 0) is 62.4 Å². The monoisotopic (exact) mass is 388 g/mol. The average molecular weight is 389 g/mol. The molecular formula is C21H25ClN2OS. The molecule has 0 aliphatic carbocycles. The largest absolute Gasteiger partial charge is 0.344 e. The van der Waals surface area contributed by atoms with E-state index in [9.17, 15) is 4.79 Å². The van der Waals surface area contributed by atoms with Gasteiger partial charge in [-0.1, -0.05) is 41.9 Å². The summed E-state index contributed by atoms with van der Waals surface area (Å²) in [5, 5.41) is 3.94. The van der Waals surface area contributed by atoms with Gasteiger partial charge < -0.3 is 10.2 Å². The number of hydrogen-bond acceptors (Lipinski definition) is 3. The molecule has 0 aromatic heterocycles. The van der Waals surface area contributed by atoms with Gasteiger partial charge in [-0.25, -0.2) is 0 Å². The first-order valence-electron chi connectivity index (χ1n) is 9.01. The van der Waals surface area contributed by atoms with Crippen LogP contribution in [0.4, 0.5) is 0 Å². The Balaban J connectivity index is 1.85. The van der Waals surface area contributed by atoms with Gasteiger partial charge in [0.05, 0.1) is 11.6 Å². The molecule has 1 amide bonds. The number of carbonyl (C=O) groups excluding carboxylic acids is 1. The lowest BCUT2D eigenvalue weighted by Crippen LogP contribution is -2.37. The topological polar surface area (TPSA) is 32.3 Å². The van der Waals surface area contributed by atoms with Crippen molar-refractivity contribution in [3.8, 4) is 0 Å². The Morgan fingerprint density at radius 3 is 2.58 bits per heavy atom. The molecule has 5 heteroatoms. The maximum atomic E-state index is 13.1. The third-order valence-corrected chi connectivity index (χ3v) is 5.84. The standard InChI is InChI=1S/C21H25ClN2OS/c1-15-12-17(22)13-19(26-2)20(15)21(25)23-18(14-24-10-6-7-11-24)16-8-4-3-5-9-16/h3-5,8-9,12-13,18H,6-7,10-11,14H2,1-2H3,(H,23,25)/t18-/m1/s1. The lowest BCUT2D eigenvalue weighted by Gasteiger charge is -2.25. The van der Waals surface area contributed by atoms with Crippen molar-refractivity contribution >= 4 is 29.3 Å². The van der Waals surface area contributed by atoms with E-state index in [0.717, 1.165) is 41.2 Å². The van der Waals surface area contributed by atoms with Crippen molar-refractivity contribution in [2.45, 2.75) is 30.7 Å². The molecule has 0 spiro atoms. The zero-order valence-corrected chi connectivity index (χ0v) is 16.9. The average Bonchev–Trinajstić information content (AvgIpc) is 3.14. The van der Waals surface area contributed by atoms with Gasteiger partial charge in [-0.2, -0.15) is 0 Å². The quantitative estimate of drug-likeness (QED) is 0.711. The molecule has 1 N–H and O–H groups in total. The van der Waals surface area contributed by atoms with E-state index >= 15 is 0 Å². The van der Waals surface area contributed by atoms with Gasteiger partial charge in [-0.3, -0.25) is 4.79 Å². The summed E-state index contributed by atoms with van der Waals surface area (Å²) < 4.78 is 0. The smallest absolute Gasteiger partial charge is 0.253 e. The zero-order valence-electron chi connectivity index (χ0n) is 15.3.